The minimum Gasteiger partial charge on any atom is -0.309 e. The molecule has 0 aliphatic heterocycles. The molecular weight excluding hydrogens is 243 g/mol. The average Bonchev–Trinajstić information content (AvgIpc) is 2.31. The van der Waals surface area contributed by atoms with Crippen LogP contribution in [-0.2, 0) is 32.9 Å². The molecule has 1 radical (unpaired) electrons. The Labute approximate surface area is 85.7 Å². The first kappa shape index (κ1) is 11.7. The van der Waals surface area contributed by atoms with Crippen molar-refractivity contribution in [1.29, 1.82) is 0 Å². The summed E-state index contributed by atoms with van der Waals surface area (Å²) in [7, 11) is 5.99. The van der Waals surface area contributed by atoms with Gasteiger partial charge in [0.25, 0.3) is 0 Å². The van der Waals surface area contributed by atoms with Crippen molar-refractivity contribution >= 4 is 0 Å². The maximum atomic E-state index is 3.97. The van der Waals surface area contributed by atoms with Crippen molar-refractivity contribution in [1.82, 2.24) is 19.9 Å². The largest absolute Gasteiger partial charge is 0.309 e. The van der Waals surface area contributed by atoms with Crippen molar-refractivity contribution in [2.75, 3.05) is 20.6 Å². The minimum atomic E-state index is 0. The first-order valence-corrected chi connectivity index (χ1v) is 3.68. The summed E-state index contributed by atoms with van der Waals surface area (Å²) in [6.07, 6.45) is 2.92. The zero-order valence-corrected chi connectivity index (χ0v) is 9.25. The summed E-state index contributed by atoms with van der Waals surface area (Å²) in [4.78, 5) is 2.13. The minimum absolute atomic E-state index is 0. The molecule has 0 atom stereocenters. The van der Waals surface area contributed by atoms with Crippen LogP contribution in [-0.4, -0.2) is 40.5 Å². The van der Waals surface area contributed by atoms with Crippen LogP contribution in [0.4, 0.5) is 0 Å². The van der Waals surface area contributed by atoms with Gasteiger partial charge in [0, 0.05) is 45.7 Å². The second kappa shape index (κ2) is 5.38. The summed E-state index contributed by atoms with van der Waals surface area (Å²) in [6.45, 7) is 1.03. The van der Waals surface area contributed by atoms with Crippen LogP contribution in [0.3, 0.4) is 0 Å². The number of rotatable bonds is 3. The second-order valence-corrected chi connectivity index (χ2v) is 2.94. The Morgan fingerprint density at radius 3 is 2.58 bits per heavy atom. The first-order chi connectivity index (χ1) is 5.18. The molecule has 0 saturated heterocycles. The molecule has 5 heteroatoms. The molecule has 0 saturated carbocycles. The molecule has 0 amide bonds. The maximum Gasteiger partial charge on any atom is 0.0839 e. The molecular formula is C7H14N4Rh. The molecule has 0 unspecified atom stereocenters. The van der Waals surface area contributed by atoms with Crippen molar-refractivity contribution in [3.8, 4) is 0 Å². The Morgan fingerprint density at radius 2 is 2.17 bits per heavy atom. The van der Waals surface area contributed by atoms with Crippen molar-refractivity contribution in [2.24, 2.45) is 7.05 Å². The van der Waals surface area contributed by atoms with E-state index in [2.05, 4.69) is 29.3 Å². The molecule has 71 valence electrons. The Morgan fingerprint density at radius 1 is 1.50 bits per heavy atom. The van der Waals surface area contributed by atoms with Crippen molar-refractivity contribution in [3.05, 3.63) is 11.9 Å². The van der Waals surface area contributed by atoms with Crippen molar-refractivity contribution in [3.63, 3.8) is 0 Å². The van der Waals surface area contributed by atoms with Gasteiger partial charge in [-0.1, -0.05) is 5.21 Å². The van der Waals surface area contributed by atoms with E-state index in [1.807, 2.05) is 13.2 Å². The van der Waals surface area contributed by atoms with Crippen molar-refractivity contribution in [2.45, 2.75) is 6.42 Å². The second-order valence-electron chi connectivity index (χ2n) is 2.94. The van der Waals surface area contributed by atoms with Crippen LogP contribution in [0.1, 0.15) is 5.69 Å². The van der Waals surface area contributed by atoms with Gasteiger partial charge < -0.3 is 4.90 Å². The molecule has 0 bridgehead atoms. The summed E-state index contributed by atoms with van der Waals surface area (Å²) in [5, 5.41) is 7.82. The zero-order valence-electron chi connectivity index (χ0n) is 7.61. The van der Waals surface area contributed by atoms with E-state index in [1.54, 1.807) is 4.68 Å². The number of aryl methyl sites for hydroxylation is 1. The first-order valence-electron chi connectivity index (χ1n) is 3.68. The predicted octanol–water partition coefficient (Wildman–Crippen LogP) is -0.0833. The molecule has 0 fully saturated rings. The normalized spacial score (nSPS) is 10.0. The molecule has 0 aliphatic carbocycles. The van der Waals surface area contributed by atoms with Gasteiger partial charge in [0.15, 0.2) is 0 Å². The van der Waals surface area contributed by atoms with E-state index >= 15 is 0 Å². The molecule has 0 spiro atoms. The van der Waals surface area contributed by atoms with Gasteiger partial charge in [0.1, 0.15) is 0 Å². The average molecular weight is 257 g/mol. The van der Waals surface area contributed by atoms with Gasteiger partial charge in [-0.2, -0.15) is 0 Å². The molecule has 0 N–H and O–H groups in total. The van der Waals surface area contributed by atoms with E-state index in [4.69, 9.17) is 0 Å². The summed E-state index contributed by atoms with van der Waals surface area (Å²) in [5.41, 5.74) is 1.06. The monoisotopic (exact) mass is 257 g/mol. The van der Waals surface area contributed by atoms with Crippen LogP contribution in [0.25, 0.3) is 0 Å². The van der Waals surface area contributed by atoms with Gasteiger partial charge in [0.05, 0.1) is 5.69 Å². The van der Waals surface area contributed by atoms with E-state index in [0.717, 1.165) is 18.7 Å². The van der Waals surface area contributed by atoms with Crippen LogP contribution in [0, 0.1) is 0 Å². The molecule has 1 heterocycles. The zero-order chi connectivity index (χ0) is 8.27. The third-order valence-electron chi connectivity index (χ3n) is 1.47. The Kier molecular flexibility index (Phi) is 5.26. The fraction of sp³-hybridized carbons (Fsp3) is 0.714. The molecule has 0 aliphatic rings. The SMILES string of the molecule is CN(C)CCc1cn(C)nn1.[Rh]. The predicted molar refractivity (Wildman–Crippen MR) is 43.3 cm³/mol. The summed E-state index contributed by atoms with van der Waals surface area (Å²) in [6, 6.07) is 0. The number of hydrogen-bond donors (Lipinski definition) is 0. The summed E-state index contributed by atoms with van der Waals surface area (Å²) in [5.74, 6) is 0. The molecule has 4 nitrogen and oxygen atoms in total. The molecule has 1 aromatic heterocycles. The van der Waals surface area contributed by atoms with Crippen LogP contribution >= 0.6 is 0 Å². The van der Waals surface area contributed by atoms with Gasteiger partial charge in [-0.25, -0.2) is 0 Å². The Balaban J connectivity index is 0.00000121. The van der Waals surface area contributed by atoms with E-state index in [0.29, 0.717) is 0 Å². The van der Waals surface area contributed by atoms with E-state index < -0.39 is 0 Å². The summed E-state index contributed by atoms with van der Waals surface area (Å²) < 4.78 is 1.73. The quantitative estimate of drug-likeness (QED) is 0.710. The number of aromatic nitrogens is 3. The van der Waals surface area contributed by atoms with Crippen molar-refractivity contribution < 1.29 is 19.5 Å². The van der Waals surface area contributed by atoms with Gasteiger partial charge in [0.2, 0.25) is 0 Å². The van der Waals surface area contributed by atoms with Crippen LogP contribution in [0.2, 0.25) is 0 Å². The summed E-state index contributed by atoms with van der Waals surface area (Å²) >= 11 is 0. The van der Waals surface area contributed by atoms with Gasteiger partial charge in [-0.15, -0.1) is 5.10 Å². The molecule has 1 aromatic rings. The standard InChI is InChI=1S/C7H14N4.Rh/c1-10(2)5-4-7-6-11(3)9-8-7;/h6H,4-5H2,1-3H3;. The maximum absolute atomic E-state index is 3.97. The fourth-order valence-electron chi connectivity index (χ4n) is 0.848. The van der Waals surface area contributed by atoms with Crippen LogP contribution in [0.15, 0.2) is 6.20 Å². The third kappa shape index (κ3) is 3.93. The van der Waals surface area contributed by atoms with Crippen LogP contribution in [0.5, 0.6) is 0 Å². The van der Waals surface area contributed by atoms with Crippen LogP contribution < -0.4 is 0 Å². The Hall–Kier alpha value is -0.277. The smallest absolute Gasteiger partial charge is 0.0839 e. The Bertz CT molecular complexity index is 221. The van der Waals surface area contributed by atoms with Gasteiger partial charge >= 0.3 is 0 Å². The van der Waals surface area contributed by atoms with E-state index in [1.165, 1.54) is 0 Å². The topological polar surface area (TPSA) is 34.0 Å². The van der Waals surface area contributed by atoms with E-state index in [-0.39, 0.29) is 19.5 Å². The fourth-order valence-corrected chi connectivity index (χ4v) is 0.848. The molecule has 1 rings (SSSR count). The number of nitrogens with zero attached hydrogens (tertiary/aromatic N) is 4. The molecule has 0 aromatic carbocycles. The van der Waals surface area contributed by atoms with Gasteiger partial charge in [-0.05, 0) is 14.1 Å². The number of hydrogen-bond acceptors (Lipinski definition) is 3. The van der Waals surface area contributed by atoms with Gasteiger partial charge in [-0.3, -0.25) is 4.68 Å². The molecule has 12 heavy (non-hydrogen) atoms. The number of likely N-dealkylation sites (N-methyl/N-ethyl adjacent to an activating group) is 1. The van der Waals surface area contributed by atoms with E-state index in [9.17, 15) is 0 Å². The third-order valence-corrected chi connectivity index (χ3v) is 1.47.